The van der Waals surface area contributed by atoms with Gasteiger partial charge in [0.2, 0.25) is 0 Å². The molecule has 3 rings (SSSR count). The van der Waals surface area contributed by atoms with Crippen molar-refractivity contribution < 1.29 is 19.0 Å². The number of halogens is 1. The number of nitrogens with zero attached hydrogens (tertiary/aromatic N) is 1. The first-order valence-electron chi connectivity index (χ1n) is 8.60. The molecular weight excluding hydrogens is 354 g/mol. The second kappa shape index (κ2) is 8.92. The van der Waals surface area contributed by atoms with Crippen molar-refractivity contribution in [3.8, 4) is 11.5 Å². The van der Waals surface area contributed by atoms with Crippen molar-refractivity contribution in [2.75, 3.05) is 33.5 Å². The van der Waals surface area contributed by atoms with Gasteiger partial charge in [0.1, 0.15) is 0 Å². The molecule has 2 aromatic rings. The van der Waals surface area contributed by atoms with Crippen LogP contribution in [0.5, 0.6) is 11.5 Å². The summed E-state index contributed by atoms with van der Waals surface area (Å²) >= 11 is 6.33. The number of carbonyl (C=O) groups excluding carboxylic acids is 1. The molecule has 1 heterocycles. The van der Waals surface area contributed by atoms with Crippen LogP contribution in [-0.2, 0) is 11.3 Å². The Bertz CT molecular complexity index is 751. The zero-order valence-corrected chi connectivity index (χ0v) is 15.5. The minimum atomic E-state index is -0.122. The van der Waals surface area contributed by atoms with Crippen molar-refractivity contribution in [2.24, 2.45) is 0 Å². The van der Waals surface area contributed by atoms with Crippen LogP contribution in [0.25, 0.3) is 0 Å². The molecule has 0 N–H and O–H groups in total. The molecule has 2 aromatic carbocycles. The first kappa shape index (κ1) is 18.5. The monoisotopic (exact) mass is 375 g/mol. The Labute approximate surface area is 158 Å². The number of hydrogen-bond donors (Lipinski definition) is 0. The number of amides is 1. The first-order chi connectivity index (χ1) is 12.7. The van der Waals surface area contributed by atoms with E-state index in [1.165, 1.54) is 0 Å². The molecule has 0 radical (unpaired) electrons. The molecular formula is C20H22ClNO4. The van der Waals surface area contributed by atoms with E-state index in [2.05, 4.69) is 0 Å². The summed E-state index contributed by atoms with van der Waals surface area (Å²) in [6.45, 7) is 2.52. The molecule has 138 valence electrons. The van der Waals surface area contributed by atoms with Crippen LogP contribution in [0.2, 0.25) is 5.02 Å². The molecule has 0 unspecified atom stereocenters. The third-order valence-electron chi connectivity index (χ3n) is 4.12. The van der Waals surface area contributed by atoms with Crippen LogP contribution in [0, 0.1) is 0 Å². The van der Waals surface area contributed by atoms with Gasteiger partial charge in [0.25, 0.3) is 5.91 Å². The maximum atomic E-state index is 13.1. The SMILES string of the molecule is COCCN(Cc1ccccc1)C(=O)c1cc(Cl)c2c(c1)OCCCO2. The lowest BCUT2D eigenvalue weighted by atomic mass is 10.1. The van der Waals surface area contributed by atoms with Crippen LogP contribution >= 0.6 is 11.6 Å². The van der Waals surface area contributed by atoms with Gasteiger partial charge in [-0.2, -0.15) is 0 Å². The fourth-order valence-corrected chi connectivity index (χ4v) is 3.06. The zero-order valence-electron chi connectivity index (χ0n) is 14.7. The minimum Gasteiger partial charge on any atom is -0.489 e. The summed E-state index contributed by atoms with van der Waals surface area (Å²) in [5.74, 6) is 0.903. The number of benzene rings is 2. The number of rotatable bonds is 6. The maximum Gasteiger partial charge on any atom is 0.254 e. The van der Waals surface area contributed by atoms with Crippen LogP contribution in [0.1, 0.15) is 22.3 Å². The average molecular weight is 376 g/mol. The molecule has 1 aliphatic rings. The third kappa shape index (κ3) is 4.48. The standard InChI is InChI=1S/C20H22ClNO4/c1-24-11-8-22(14-15-6-3-2-4-7-15)20(23)16-12-17(21)19-18(13-16)25-9-5-10-26-19/h2-4,6-7,12-13H,5,8-11,14H2,1H3. The maximum absolute atomic E-state index is 13.1. The summed E-state index contributed by atoms with van der Waals surface area (Å²) in [7, 11) is 1.62. The molecule has 1 amide bonds. The summed E-state index contributed by atoms with van der Waals surface area (Å²) in [6, 6.07) is 13.2. The Hall–Kier alpha value is -2.24. The topological polar surface area (TPSA) is 48.0 Å². The van der Waals surface area contributed by atoms with Gasteiger partial charge in [-0.15, -0.1) is 0 Å². The number of methoxy groups -OCH3 is 1. The number of carbonyl (C=O) groups is 1. The zero-order chi connectivity index (χ0) is 18.4. The highest BCUT2D eigenvalue weighted by atomic mass is 35.5. The number of fused-ring (bicyclic) bond motifs is 1. The quantitative estimate of drug-likeness (QED) is 0.770. The molecule has 0 saturated heterocycles. The lowest BCUT2D eigenvalue weighted by Gasteiger charge is -2.23. The van der Waals surface area contributed by atoms with E-state index in [1.54, 1.807) is 24.1 Å². The van der Waals surface area contributed by atoms with Gasteiger partial charge in [-0.25, -0.2) is 0 Å². The molecule has 0 spiro atoms. The van der Waals surface area contributed by atoms with E-state index in [0.29, 0.717) is 55.0 Å². The third-order valence-corrected chi connectivity index (χ3v) is 4.40. The van der Waals surface area contributed by atoms with Crippen molar-refractivity contribution >= 4 is 17.5 Å². The van der Waals surface area contributed by atoms with Crippen molar-refractivity contribution in [3.05, 3.63) is 58.6 Å². The molecule has 0 aliphatic carbocycles. The fraction of sp³-hybridized carbons (Fsp3) is 0.350. The van der Waals surface area contributed by atoms with Crippen LogP contribution in [0.15, 0.2) is 42.5 Å². The molecule has 5 nitrogen and oxygen atoms in total. The Morgan fingerprint density at radius 3 is 2.73 bits per heavy atom. The Kier molecular flexibility index (Phi) is 6.36. The van der Waals surface area contributed by atoms with E-state index >= 15 is 0 Å². The smallest absolute Gasteiger partial charge is 0.254 e. The van der Waals surface area contributed by atoms with Crippen LogP contribution in [0.4, 0.5) is 0 Å². The Morgan fingerprint density at radius 2 is 1.96 bits per heavy atom. The molecule has 0 saturated carbocycles. The van der Waals surface area contributed by atoms with E-state index in [1.807, 2.05) is 30.3 Å². The normalized spacial score (nSPS) is 13.2. The van der Waals surface area contributed by atoms with Gasteiger partial charge in [0, 0.05) is 32.2 Å². The van der Waals surface area contributed by atoms with E-state index in [0.717, 1.165) is 12.0 Å². The van der Waals surface area contributed by atoms with Gasteiger partial charge in [0.15, 0.2) is 11.5 Å². The largest absolute Gasteiger partial charge is 0.489 e. The molecule has 0 bridgehead atoms. The summed E-state index contributed by atoms with van der Waals surface area (Å²) in [6.07, 6.45) is 0.780. The summed E-state index contributed by atoms with van der Waals surface area (Å²) in [5.41, 5.74) is 1.53. The second-order valence-electron chi connectivity index (χ2n) is 6.04. The molecule has 0 aromatic heterocycles. The predicted octanol–water partition coefficient (Wildman–Crippen LogP) is 3.79. The van der Waals surface area contributed by atoms with Crippen LogP contribution in [-0.4, -0.2) is 44.3 Å². The molecule has 0 atom stereocenters. The summed E-state index contributed by atoms with van der Waals surface area (Å²) < 4.78 is 16.5. The highest BCUT2D eigenvalue weighted by Gasteiger charge is 2.22. The van der Waals surface area contributed by atoms with E-state index < -0.39 is 0 Å². The van der Waals surface area contributed by atoms with E-state index in [4.69, 9.17) is 25.8 Å². The van der Waals surface area contributed by atoms with Gasteiger partial charge in [-0.05, 0) is 17.7 Å². The van der Waals surface area contributed by atoms with Crippen molar-refractivity contribution in [2.45, 2.75) is 13.0 Å². The Morgan fingerprint density at radius 1 is 1.19 bits per heavy atom. The Balaban J connectivity index is 1.86. The molecule has 6 heteroatoms. The number of ether oxygens (including phenoxy) is 3. The summed E-state index contributed by atoms with van der Waals surface area (Å²) in [5, 5.41) is 0.388. The van der Waals surface area contributed by atoms with Gasteiger partial charge in [-0.1, -0.05) is 41.9 Å². The first-order valence-corrected chi connectivity index (χ1v) is 8.98. The van der Waals surface area contributed by atoms with Crippen molar-refractivity contribution in [1.29, 1.82) is 0 Å². The lowest BCUT2D eigenvalue weighted by molar-refractivity contribution is 0.0680. The van der Waals surface area contributed by atoms with Gasteiger partial charge in [0.05, 0.1) is 24.8 Å². The van der Waals surface area contributed by atoms with Crippen molar-refractivity contribution in [3.63, 3.8) is 0 Å². The second-order valence-corrected chi connectivity index (χ2v) is 6.45. The van der Waals surface area contributed by atoms with Gasteiger partial charge < -0.3 is 19.1 Å². The van der Waals surface area contributed by atoms with E-state index in [9.17, 15) is 4.79 Å². The van der Waals surface area contributed by atoms with Crippen molar-refractivity contribution in [1.82, 2.24) is 4.90 Å². The highest BCUT2D eigenvalue weighted by molar-refractivity contribution is 6.32. The predicted molar refractivity (Wildman–Crippen MR) is 100 cm³/mol. The van der Waals surface area contributed by atoms with Crippen LogP contribution < -0.4 is 9.47 Å². The molecule has 26 heavy (non-hydrogen) atoms. The molecule has 1 aliphatic heterocycles. The fourth-order valence-electron chi connectivity index (χ4n) is 2.79. The van der Waals surface area contributed by atoms with Gasteiger partial charge >= 0.3 is 0 Å². The summed E-state index contributed by atoms with van der Waals surface area (Å²) in [4.78, 5) is 14.8. The highest BCUT2D eigenvalue weighted by Crippen LogP contribution is 2.38. The van der Waals surface area contributed by atoms with Gasteiger partial charge in [-0.3, -0.25) is 4.79 Å². The minimum absolute atomic E-state index is 0.122. The molecule has 0 fully saturated rings. The van der Waals surface area contributed by atoms with Crippen LogP contribution in [0.3, 0.4) is 0 Å². The lowest BCUT2D eigenvalue weighted by Crippen LogP contribution is -2.33. The van der Waals surface area contributed by atoms with E-state index in [-0.39, 0.29) is 5.91 Å². The number of hydrogen-bond acceptors (Lipinski definition) is 4. The average Bonchev–Trinajstić information content (AvgIpc) is 2.91.